The van der Waals surface area contributed by atoms with Gasteiger partial charge in [-0.2, -0.15) is 0 Å². The lowest BCUT2D eigenvalue weighted by molar-refractivity contribution is 0.349. The Hall–Kier alpha value is -0.800. The molecule has 11 heavy (non-hydrogen) atoms. The van der Waals surface area contributed by atoms with Crippen molar-refractivity contribution in [1.82, 2.24) is 9.88 Å². The van der Waals surface area contributed by atoms with Crippen molar-refractivity contribution in [2.24, 2.45) is 5.73 Å². The average molecular weight is 153 g/mol. The minimum atomic E-state index is 0.629. The second-order valence-electron chi connectivity index (χ2n) is 2.73. The monoisotopic (exact) mass is 153 g/mol. The fourth-order valence-corrected chi connectivity index (χ4v) is 0.925. The zero-order valence-electron chi connectivity index (χ0n) is 6.88. The smallest absolute Gasteiger partial charge is 0.0452 e. The minimum absolute atomic E-state index is 0.629. The highest BCUT2D eigenvalue weighted by atomic mass is 15.1. The third-order valence-electron chi connectivity index (χ3n) is 1.76. The zero-order chi connectivity index (χ0) is 8.10. The van der Waals surface area contributed by atoms with Crippen molar-refractivity contribution < 1.29 is 0 Å². The first-order chi connectivity index (χ1) is 5.33. The normalized spacial score (nSPS) is 10.8. The molecule has 0 unspecified atom stereocenters. The molecule has 1 aromatic rings. The quantitative estimate of drug-likeness (QED) is 0.615. The van der Waals surface area contributed by atoms with E-state index in [4.69, 9.17) is 5.73 Å². The van der Waals surface area contributed by atoms with Crippen molar-refractivity contribution in [3.8, 4) is 0 Å². The molecule has 0 aromatic carbocycles. The van der Waals surface area contributed by atoms with Crippen LogP contribution in [0.4, 0.5) is 0 Å². The molecule has 1 rings (SSSR count). The molecule has 62 valence electrons. The SMILES string of the molecule is CN(CN)CCc1cc[nH]c1. The van der Waals surface area contributed by atoms with Crippen LogP contribution in [-0.4, -0.2) is 30.1 Å². The van der Waals surface area contributed by atoms with Gasteiger partial charge in [0.25, 0.3) is 0 Å². The first-order valence-corrected chi connectivity index (χ1v) is 3.83. The van der Waals surface area contributed by atoms with Gasteiger partial charge < -0.3 is 10.7 Å². The number of hydrogen-bond acceptors (Lipinski definition) is 2. The van der Waals surface area contributed by atoms with Gasteiger partial charge in [-0.05, 0) is 25.1 Å². The highest BCUT2D eigenvalue weighted by molar-refractivity contribution is 5.08. The molecular weight excluding hydrogens is 138 g/mol. The molecule has 0 radical (unpaired) electrons. The van der Waals surface area contributed by atoms with Crippen molar-refractivity contribution in [1.29, 1.82) is 0 Å². The van der Waals surface area contributed by atoms with E-state index in [0.717, 1.165) is 13.0 Å². The molecule has 3 N–H and O–H groups in total. The number of nitrogens with one attached hydrogen (secondary N) is 1. The number of likely N-dealkylation sites (N-methyl/N-ethyl adjacent to an activating group) is 1. The lowest BCUT2D eigenvalue weighted by atomic mass is 10.2. The molecule has 0 aliphatic carbocycles. The Morgan fingerprint density at radius 1 is 1.64 bits per heavy atom. The van der Waals surface area contributed by atoms with Crippen LogP contribution in [0.15, 0.2) is 18.5 Å². The molecule has 0 bridgehead atoms. The van der Waals surface area contributed by atoms with Crippen LogP contribution >= 0.6 is 0 Å². The maximum Gasteiger partial charge on any atom is 0.0452 e. The van der Waals surface area contributed by atoms with Crippen molar-refractivity contribution in [3.05, 3.63) is 24.0 Å². The summed E-state index contributed by atoms with van der Waals surface area (Å²) in [5.74, 6) is 0. The van der Waals surface area contributed by atoms with Crippen molar-refractivity contribution in [3.63, 3.8) is 0 Å². The molecule has 1 aromatic heterocycles. The summed E-state index contributed by atoms with van der Waals surface area (Å²) in [6.07, 6.45) is 5.03. The van der Waals surface area contributed by atoms with E-state index >= 15 is 0 Å². The van der Waals surface area contributed by atoms with Gasteiger partial charge in [-0.3, -0.25) is 4.90 Å². The van der Waals surface area contributed by atoms with Crippen LogP contribution in [0.2, 0.25) is 0 Å². The largest absolute Gasteiger partial charge is 0.367 e. The number of nitrogens with zero attached hydrogens (tertiary/aromatic N) is 1. The van der Waals surface area contributed by atoms with Gasteiger partial charge in [0, 0.05) is 25.6 Å². The minimum Gasteiger partial charge on any atom is -0.367 e. The van der Waals surface area contributed by atoms with E-state index in [2.05, 4.69) is 16.0 Å². The Labute approximate surface area is 67.2 Å². The maximum absolute atomic E-state index is 5.43. The first kappa shape index (κ1) is 8.30. The van der Waals surface area contributed by atoms with Crippen molar-refractivity contribution >= 4 is 0 Å². The van der Waals surface area contributed by atoms with E-state index in [9.17, 15) is 0 Å². The standard InChI is InChI=1S/C8H15N3/c1-11(7-9)5-3-8-2-4-10-6-8/h2,4,6,10H,3,5,7,9H2,1H3. The van der Waals surface area contributed by atoms with Gasteiger partial charge in [0.05, 0.1) is 0 Å². The molecule has 0 spiro atoms. The van der Waals surface area contributed by atoms with Gasteiger partial charge in [-0.15, -0.1) is 0 Å². The highest BCUT2D eigenvalue weighted by Crippen LogP contribution is 1.97. The Morgan fingerprint density at radius 2 is 2.45 bits per heavy atom. The molecule has 0 saturated heterocycles. The summed E-state index contributed by atoms with van der Waals surface area (Å²) in [5, 5.41) is 0. The van der Waals surface area contributed by atoms with Crippen LogP contribution in [0.25, 0.3) is 0 Å². The highest BCUT2D eigenvalue weighted by Gasteiger charge is 1.95. The fraction of sp³-hybridized carbons (Fsp3) is 0.500. The van der Waals surface area contributed by atoms with Gasteiger partial charge in [0.2, 0.25) is 0 Å². The summed E-state index contributed by atoms with van der Waals surface area (Å²) < 4.78 is 0. The Balaban J connectivity index is 2.23. The van der Waals surface area contributed by atoms with Crippen LogP contribution in [-0.2, 0) is 6.42 Å². The number of rotatable bonds is 4. The molecular formula is C8H15N3. The molecule has 0 aliphatic heterocycles. The summed E-state index contributed by atoms with van der Waals surface area (Å²) in [5.41, 5.74) is 6.77. The maximum atomic E-state index is 5.43. The van der Waals surface area contributed by atoms with Crippen LogP contribution < -0.4 is 5.73 Å². The Bertz CT molecular complexity index is 181. The van der Waals surface area contributed by atoms with Gasteiger partial charge in [0.15, 0.2) is 0 Å². The molecule has 1 heterocycles. The summed E-state index contributed by atoms with van der Waals surface area (Å²) >= 11 is 0. The molecule has 0 saturated carbocycles. The van der Waals surface area contributed by atoms with E-state index in [0.29, 0.717) is 6.67 Å². The summed E-state index contributed by atoms with van der Waals surface area (Å²) in [6, 6.07) is 2.09. The topological polar surface area (TPSA) is 45.0 Å². The third kappa shape index (κ3) is 2.74. The van der Waals surface area contributed by atoms with Gasteiger partial charge in [-0.25, -0.2) is 0 Å². The number of nitrogens with two attached hydrogens (primary N) is 1. The van der Waals surface area contributed by atoms with Crippen molar-refractivity contribution in [2.45, 2.75) is 6.42 Å². The van der Waals surface area contributed by atoms with Crippen LogP contribution in [0.1, 0.15) is 5.56 Å². The molecule has 0 aliphatic rings. The first-order valence-electron chi connectivity index (χ1n) is 3.83. The molecule has 3 heteroatoms. The van der Waals surface area contributed by atoms with Gasteiger partial charge in [-0.1, -0.05) is 0 Å². The third-order valence-corrected chi connectivity index (χ3v) is 1.76. The van der Waals surface area contributed by atoms with Gasteiger partial charge >= 0.3 is 0 Å². The Kier molecular flexibility index (Phi) is 3.14. The molecule has 0 atom stereocenters. The number of H-pyrrole nitrogens is 1. The molecule has 0 fully saturated rings. The summed E-state index contributed by atoms with van der Waals surface area (Å²) in [6.45, 7) is 1.65. The van der Waals surface area contributed by atoms with E-state index in [1.807, 2.05) is 19.4 Å². The predicted molar refractivity (Wildman–Crippen MR) is 46.2 cm³/mol. The number of aromatic amines is 1. The lowest BCUT2D eigenvalue weighted by Crippen LogP contribution is -2.27. The van der Waals surface area contributed by atoms with Crippen LogP contribution in [0.5, 0.6) is 0 Å². The second kappa shape index (κ2) is 4.16. The van der Waals surface area contributed by atoms with Crippen LogP contribution in [0, 0.1) is 0 Å². The lowest BCUT2D eigenvalue weighted by Gasteiger charge is -2.11. The average Bonchev–Trinajstić information content (AvgIpc) is 2.52. The van der Waals surface area contributed by atoms with Crippen LogP contribution in [0.3, 0.4) is 0 Å². The van der Waals surface area contributed by atoms with Gasteiger partial charge in [0.1, 0.15) is 0 Å². The van der Waals surface area contributed by atoms with E-state index in [-0.39, 0.29) is 0 Å². The fourth-order valence-electron chi connectivity index (χ4n) is 0.925. The molecule has 3 nitrogen and oxygen atoms in total. The van der Waals surface area contributed by atoms with E-state index in [1.165, 1.54) is 5.56 Å². The Morgan fingerprint density at radius 3 is 3.00 bits per heavy atom. The van der Waals surface area contributed by atoms with E-state index < -0.39 is 0 Å². The predicted octanol–water partition coefficient (Wildman–Crippen LogP) is 0.405. The number of hydrogen-bond donors (Lipinski definition) is 2. The van der Waals surface area contributed by atoms with E-state index in [1.54, 1.807) is 0 Å². The zero-order valence-corrected chi connectivity index (χ0v) is 6.88. The second-order valence-corrected chi connectivity index (χ2v) is 2.73. The molecule has 0 amide bonds. The van der Waals surface area contributed by atoms with Crippen molar-refractivity contribution in [2.75, 3.05) is 20.3 Å². The summed E-state index contributed by atoms with van der Waals surface area (Å²) in [7, 11) is 2.02. The summed E-state index contributed by atoms with van der Waals surface area (Å²) in [4.78, 5) is 5.11. The number of aromatic nitrogens is 1.